The molecule has 0 aliphatic carbocycles. The number of unbranched alkanes of at least 4 members (excludes halogenated alkanes) is 26. The number of carbonyl (C=O) groups is 3. The standard InChI is InChI=1S/C89H148O16P2/c1-4-7-10-13-16-19-22-25-28-31-34-37-39-40-41-42-44-47-48-51-54-57-60-63-66-69-72-75-87(92)99-78-84(90)79-101-106(95,96)102-80-85(91)81-103-107(97,98)104-83-86(105-89(94)77-74-71-68-65-62-59-56-53-50-45-36-33-30-27-24-21-18-15-12-9-6-3)82-100-88(93)76-73-70-67-64-61-58-55-52-49-46-43-38-35-32-29-26-23-20-17-14-11-8-5-2/h8,11,16-21,25-30,34-38,40-41,45-46,49,53,55-56,58,84-86,90-91H,4-7,9-10,12-15,22-24,31-33,39,42-44,47-48,50-52,54,57,59-83H2,1-3H3,(H,95,96)(H,97,98)/b11-8-,19-16-,20-17-,21-18-,28-25-,29-26-,30-27-,37-34-,38-35-,41-40-,45-36-,49-46-,56-53-,58-55-. The molecule has 0 aromatic carbocycles. The summed E-state index contributed by atoms with van der Waals surface area (Å²) in [5.41, 5.74) is 0. The first-order chi connectivity index (χ1) is 52.2. The predicted molar refractivity (Wildman–Crippen MR) is 445 cm³/mol. The minimum Gasteiger partial charge on any atom is -0.463 e. The van der Waals surface area contributed by atoms with Crippen molar-refractivity contribution in [2.24, 2.45) is 0 Å². The van der Waals surface area contributed by atoms with Crippen molar-refractivity contribution in [3.8, 4) is 0 Å². The van der Waals surface area contributed by atoms with Crippen molar-refractivity contribution >= 4 is 33.6 Å². The molecule has 0 heterocycles. The molecule has 107 heavy (non-hydrogen) atoms. The minimum absolute atomic E-state index is 0.0709. The number of carbonyl (C=O) groups excluding carboxylic acids is 3. The fourth-order valence-electron chi connectivity index (χ4n) is 10.6. The molecule has 0 rings (SSSR count). The zero-order valence-corrected chi connectivity index (χ0v) is 68.5. The van der Waals surface area contributed by atoms with Crippen molar-refractivity contribution in [1.29, 1.82) is 0 Å². The lowest BCUT2D eigenvalue weighted by molar-refractivity contribution is -0.161. The number of allylic oxidation sites excluding steroid dienone is 28. The average Bonchev–Trinajstić information content (AvgIpc) is 0.906. The van der Waals surface area contributed by atoms with Gasteiger partial charge < -0.3 is 34.2 Å². The van der Waals surface area contributed by atoms with Crippen molar-refractivity contribution in [3.05, 3.63) is 170 Å². The second-order valence-corrected chi connectivity index (χ2v) is 30.1. The van der Waals surface area contributed by atoms with Crippen molar-refractivity contribution < 1.29 is 75.8 Å². The van der Waals surface area contributed by atoms with Crippen LogP contribution in [0, 0.1) is 0 Å². The highest BCUT2D eigenvalue weighted by molar-refractivity contribution is 7.47. The van der Waals surface area contributed by atoms with E-state index in [0.29, 0.717) is 19.3 Å². The van der Waals surface area contributed by atoms with E-state index < -0.39 is 91.5 Å². The van der Waals surface area contributed by atoms with Gasteiger partial charge in [0.1, 0.15) is 25.4 Å². The molecule has 0 amide bonds. The summed E-state index contributed by atoms with van der Waals surface area (Å²) in [6.45, 7) is 2.46. The average molecular weight is 1540 g/mol. The van der Waals surface area contributed by atoms with E-state index >= 15 is 0 Å². The van der Waals surface area contributed by atoms with Gasteiger partial charge in [-0.1, -0.05) is 306 Å². The maximum absolute atomic E-state index is 13.0. The first-order valence-electron chi connectivity index (χ1n) is 41.4. The molecule has 0 fully saturated rings. The SMILES string of the molecule is CC/C=C\C/C=C\C/C=C\C/C=C\C/C=C\C/C=C\CCCCCCC(=O)OCC(COP(=O)(O)OCC(O)COP(=O)(O)OCC(O)COC(=O)CCCCCCCCCCCCC/C=C\C/C=C\C/C=C\C/C=C\CCCCC)OC(=O)CCCCCCC/C=C\C/C=C\C/C=C\C/C=C\CCCCC. The highest BCUT2D eigenvalue weighted by Crippen LogP contribution is 2.45. The van der Waals surface area contributed by atoms with Gasteiger partial charge in [-0.05, 0) is 161 Å². The topological polar surface area (TPSA) is 231 Å². The Bertz CT molecular complexity index is 2620. The molecular weight excluding hydrogens is 1390 g/mol. The van der Waals surface area contributed by atoms with Crippen LogP contribution in [0.1, 0.15) is 316 Å². The van der Waals surface area contributed by atoms with Crippen LogP contribution in [0.15, 0.2) is 170 Å². The van der Waals surface area contributed by atoms with E-state index in [1.165, 1.54) is 89.9 Å². The summed E-state index contributed by atoms with van der Waals surface area (Å²) < 4.78 is 61.2. The molecule has 0 aliphatic rings. The second-order valence-electron chi connectivity index (χ2n) is 27.2. The van der Waals surface area contributed by atoms with Gasteiger partial charge in [-0.25, -0.2) is 9.13 Å². The van der Waals surface area contributed by atoms with Gasteiger partial charge in [-0.15, -0.1) is 0 Å². The molecule has 0 bridgehead atoms. The number of aliphatic hydroxyl groups excluding tert-OH is 2. The number of phosphoric ester groups is 2. The lowest BCUT2D eigenvalue weighted by Gasteiger charge is -2.21. The van der Waals surface area contributed by atoms with E-state index in [1.54, 1.807) is 0 Å². The number of phosphoric acid groups is 2. The van der Waals surface area contributed by atoms with Crippen molar-refractivity contribution in [1.82, 2.24) is 0 Å². The Morgan fingerprint density at radius 1 is 0.271 bits per heavy atom. The predicted octanol–water partition coefficient (Wildman–Crippen LogP) is 24.8. The molecule has 4 N–H and O–H groups in total. The molecule has 0 aromatic heterocycles. The number of ether oxygens (including phenoxy) is 3. The van der Waals surface area contributed by atoms with Crippen molar-refractivity contribution in [3.63, 3.8) is 0 Å². The van der Waals surface area contributed by atoms with Crippen LogP contribution >= 0.6 is 15.6 Å². The van der Waals surface area contributed by atoms with Gasteiger partial charge in [0.25, 0.3) is 0 Å². The normalized spacial score (nSPS) is 14.8. The molecule has 18 heteroatoms. The summed E-state index contributed by atoms with van der Waals surface area (Å²) in [5.74, 6) is -1.63. The third kappa shape index (κ3) is 81.7. The number of hydrogen-bond donors (Lipinski definition) is 4. The van der Waals surface area contributed by atoms with Crippen LogP contribution in [0.25, 0.3) is 0 Å². The number of aliphatic hydroxyl groups is 2. The summed E-state index contributed by atoms with van der Waals surface area (Å²) in [4.78, 5) is 58.8. The molecule has 610 valence electrons. The minimum atomic E-state index is -4.95. The summed E-state index contributed by atoms with van der Waals surface area (Å²) in [5, 5.41) is 20.7. The molecule has 0 radical (unpaired) electrons. The highest BCUT2D eigenvalue weighted by Gasteiger charge is 2.29. The summed E-state index contributed by atoms with van der Waals surface area (Å²) in [7, 11) is -9.82. The van der Waals surface area contributed by atoms with E-state index in [2.05, 4.69) is 191 Å². The summed E-state index contributed by atoms with van der Waals surface area (Å²) in [6, 6.07) is 0. The van der Waals surface area contributed by atoms with E-state index in [4.69, 9.17) is 32.3 Å². The first kappa shape index (κ1) is 102. The highest BCUT2D eigenvalue weighted by atomic mass is 31.2. The Morgan fingerprint density at radius 3 is 0.785 bits per heavy atom. The van der Waals surface area contributed by atoms with E-state index in [0.717, 1.165) is 167 Å². The molecule has 16 nitrogen and oxygen atoms in total. The van der Waals surface area contributed by atoms with Crippen LogP contribution in [-0.2, 0) is 55.8 Å². The zero-order valence-electron chi connectivity index (χ0n) is 66.7. The van der Waals surface area contributed by atoms with E-state index in [1.807, 2.05) is 0 Å². The largest absolute Gasteiger partial charge is 0.472 e. The van der Waals surface area contributed by atoms with Gasteiger partial charge >= 0.3 is 33.6 Å². The molecule has 0 aromatic rings. The maximum atomic E-state index is 13.0. The monoisotopic (exact) mass is 1540 g/mol. The Labute approximate surface area is 650 Å². The van der Waals surface area contributed by atoms with Gasteiger partial charge in [-0.3, -0.25) is 32.5 Å². The second kappa shape index (κ2) is 80.4. The van der Waals surface area contributed by atoms with E-state index in [9.17, 15) is 43.5 Å². The van der Waals surface area contributed by atoms with Gasteiger partial charge in [0.2, 0.25) is 0 Å². The molecule has 0 saturated heterocycles. The van der Waals surface area contributed by atoms with Crippen LogP contribution < -0.4 is 0 Å². The van der Waals surface area contributed by atoms with Crippen LogP contribution in [0.3, 0.4) is 0 Å². The van der Waals surface area contributed by atoms with E-state index in [-0.39, 0.29) is 19.3 Å². The molecule has 0 aliphatic heterocycles. The Morgan fingerprint density at radius 2 is 0.495 bits per heavy atom. The molecule has 5 atom stereocenters. The third-order valence-corrected chi connectivity index (χ3v) is 18.8. The lowest BCUT2D eigenvalue weighted by Crippen LogP contribution is -2.30. The molecule has 0 spiro atoms. The van der Waals surface area contributed by atoms with Gasteiger partial charge in [0.05, 0.1) is 26.4 Å². The lowest BCUT2D eigenvalue weighted by atomic mass is 10.0. The number of esters is 3. The van der Waals surface area contributed by atoms with Crippen LogP contribution in [0.2, 0.25) is 0 Å². The van der Waals surface area contributed by atoms with Gasteiger partial charge in [0, 0.05) is 19.3 Å². The van der Waals surface area contributed by atoms with Crippen LogP contribution in [-0.4, -0.2) is 95.9 Å². The fourth-order valence-corrected chi connectivity index (χ4v) is 12.2. The van der Waals surface area contributed by atoms with Gasteiger partial charge in [0.15, 0.2) is 6.10 Å². The van der Waals surface area contributed by atoms with Gasteiger partial charge in [-0.2, -0.15) is 0 Å². The molecule has 0 saturated carbocycles. The number of rotatable bonds is 77. The molecular formula is C89H148O16P2. The summed E-state index contributed by atoms with van der Waals surface area (Å²) >= 11 is 0. The van der Waals surface area contributed by atoms with Crippen molar-refractivity contribution in [2.75, 3.05) is 39.6 Å². The molecule has 5 unspecified atom stereocenters. The Kier molecular flexibility index (Phi) is 76.6. The Hall–Kier alpha value is -5.09. The van der Waals surface area contributed by atoms with Crippen LogP contribution in [0.4, 0.5) is 0 Å². The third-order valence-electron chi connectivity index (χ3n) is 16.9. The smallest absolute Gasteiger partial charge is 0.463 e. The maximum Gasteiger partial charge on any atom is 0.472 e. The Balaban J connectivity index is 4.71. The quantitative estimate of drug-likeness (QED) is 0.0146. The van der Waals surface area contributed by atoms with Crippen molar-refractivity contribution in [2.45, 2.75) is 334 Å². The zero-order chi connectivity index (χ0) is 78.0. The summed E-state index contributed by atoms with van der Waals surface area (Å²) in [6.07, 6.45) is 102. The number of hydrogen-bond acceptors (Lipinski definition) is 14. The fraction of sp³-hybridized carbons (Fsp3) is 0.652. The first-order valence-corrected chi connectivity index (χ1v) is 44.4. The van der Waals surface area contributed by atoms with Crippen LogP contribution in [0.5, 0.6) is 0 Å².